The van der Waals surface area contributed by atoms with E-state index in [1.54, 1.807) is 36.5 Å². The molecule has 34 heavy (non-hydrogen) atoms. The highest BCUT2D eigenvalue weighted by Gasteiger charge is 2.23. The minimum absolute atomic E-state index is 0.0310. The SMILES string of the molecule is CC[C@H](NC(=O)c1cc(OC)ccc1NS(=O)(=O)c1cccc2cccnc12)c1ccccc1. The number of hydrogen-bond acceptors (Lipinski definition) is 5. The van der Waals surface area contributed by atoms with Gasteiger partial charge in [-0.2, -0.15) is 0 Å². The maximum absolute atomic E-state index is 13.3. The first-order valence-corrected chi connectivity index (χ1v) is 12.3. The third-order valence-corrected chi connectivity index (χ3v) is 6.91. The van der Waals surface area contributed by atoms with E-state index < -0.39 is 15.9 Å². The maximum Gasteiger partial charge on any atom is 0.264 e. The lowest BCUT2D eigenvalue weighted by Gasteiger charge is -2.19. The molecule has 0 aliphatic heterocycles. The van der Waals surface area contributed by atoms with Crippen molar-refractivity contribution >= 4 is 32.5 Å². The number of carbonyl (C=O) groups excluding carboxylic acids is 1. The van der Waals surface area contributed by atoms with Gasteiger partial charge < -0.3 is 10.1 Å². The predicted molar refractivity (Wildman–Crippen MR) is 132 cm³/mol. The van der Waals surface area contributed by atoms with Crippen molar-refractivity contribution in [2.45, 2.75) is 24.3 Å². The molecule has 3 aromatic carbocycles. The lowest BCUT2D eigenvalue weighted by atomic mass is 10.0. The Balaban J connectivity index is 1.70. The Labute approximate surface area is 198 Å². The number of hydrogen-bond donors (Lipinski definition) is 2. The van der Waals surface area contributed by atoms with Gasteiger partial charge in [0.15, 0.2) is 0 Å². The number of sulfonamides is 1. The Bertz CT molecular complexity index is 1420. The van der Waals surface area contributed by atoms with Crippen molar-refractivity contribution in [2.75, 3.05) is 11.8 Å². The second kappa shape index (κ2) is 9.93. The molecular weight excluding hydrogens is 450 g/mol. The van der Waals surface area contributed by atoms with E-state index in [0.717, 1.165) is 5.56 Å². The van der Waals surface area contributed by atoms with Gasteiger partial charge in [-0.05, 0) is 42.3 Å². The molecule has 4 aromatic rings. The normalized spacial score (nSPS) is 12.2. The van der Waals surface area contributed by atoms with Crippen LogP contribution in [0.15, 0.2) is 90.0 Å². The van der Waals surface area contributed by atoms with E-state index in [2.05, 4.69) is 15.0 Å². The summed E-state index contributed by atoms with van der Waals surface area (Å²) in [7, 11) is -2.55. The minimum Gasteiger partial charge on any atom is -0.497 e. The summed E-state index contributed by atoms with van der Waals surface area (Å²) < 4.78 is 34.5. The summed E-state index contributed by atoms with van der Waals surface area (Å²) in [6.45, 7) is 1.97. The highest BCUT2D eigenvalue weighted by Crippen LogP contribution is 2.28. The van der Waals surface area contributed by atoms with Gasteiger partial charge in [0.1, 0.15) is 10.6 Å². The molecule has 1 heterocycles. The van der Waals surface area contributed by atoms with Gasteiger partial charge in [0.2, 0.25) is 0 Å². The number of nitrogens with zero attached hydrogens (tertiary/aromatic N) is 1. The topological polar surface area (TPSA) is 97.4 Å². The zero-order chi connectivity index (χ0) is 24.1. The van der Waals surface area contributed by atoms with Crippen LogP contribution in [0.25, 0.3) is 10.9 Å². The third kappa shape index (κ3) is 4.87. The molecule has 1 aromatic heterocycles. The van der Waals surface area contributed by atoms with Gasteiger partial charge in [-0.25, -0.2) is 8.42 Å². The van der Waals surface area contributed by atoms with Crippen molar-refractivity contribution in [3.63, 3.8) is 0 Å². The number of rotatable bonds is 8. The number of methoxy groups -OCH3 is 1. The van der Waals surface area contributed by atoms with Crippen LogP contribution in [0, 0.1) is 0 Å². The molecule has 8 heteroatoms. The van der Waals surface area contributed by atoms with Crippen molar-refractivity contribution in [3.8, 4) is 5.75 Å². The Hall–Kier alpha value is -3.91. The van der Waals surface area contributed by atoms with Gasteiger partial charge in [-0.1, -0.05) is 55.5 Å². The fourth-order valence-electron chi connectivity index (χ4n) is 3.76. The minimum atomic E-state index is -4.04. The number of para-hydroxylation sites is 1. The van der Waals surface area contributed by atoms with Crippen molar-refractivity contribution in [1.82, 2.24) is 10.3 Å². The first-order valence-electron chi connectivity index (χ1n) is 10.8. The number of pyridine rings is 1. The zero-order valence-corrected chi connectivity index (χ0v) is 19.7. The highest BCUT2D eigenvalue weighted by atomic mass is 32.2. The van der Waals surface area contributed by atoms with Crippen molar-refractivity contribution < 1.29 is 17.9 Å². The van der Waals surface area contributed by atoms with Crippen molar-refractivity contribution in [2.24, 2.45) is 0 Å². The molecular formula is C26H25N3O4S. The van der Waals surface area contributed by atoms with Gasteiger partial charge in [-0.3, -0.25) is 14.5 Å². The van der Waals surface area contributed by atoms with Gasteiger partial charge in [-0.15, -0.1) is 0 Å². The van der Waals surface area contributed by atoms with Crippen LogP contribution in [-0.4, -0.2) is 26.4 Å². The molecule has 0 fully saturated rings. The zero-order valence-electron chi connectivity index (χ0n) is 18.9. The molecule has 0 saturated carbocycles. The van der Waals surface area contributed by atoms with Crippen LogP contribution < -0.4 is 14.8 Å². The summed E-state index contributed by atoms with van der Waals surface area (Å²) in [5, 5.41) is 3.71. The van der Waals surface area contributed by atoms with Gasteiger partial charge in [0.05, 0.1) is 29.9 Å². The molecule has 4 rings (SSSR count). The molecule has 1 atom stereocenters. The van der Waals surface area contributed by atoms with E-state index in [0.29, 0.717) is 23.1 Å². The van der Waals surface area contributed by atoms with Crippen molar-refractivity contribution in [3.05, 3.63) is 96.2 Å². The molecule has 0 bridgehead atoms. The molecule has 0 spiro atoms. The summed E-state index contributed by atoms with van der Waals surface area (Å²) in [6.07, 6.45) is 2.21. The van der Waals surface area contributed by atoms with Crippen LogP contribution in [0.5, 0.6) is 5.75 Å². The monoisotopic (exact) mass is 475 g/mol. The molecule has 2 N–H and O–H groups in total. The molecule has 0 radical (unpaired) electrons. The van der Waals surface area contributed by atoms with Crippen LogP contribution in [-0.2, 0) is 10.0 Å². The van der Waals surface area contributed by atoms with Crippen LogP contribution in [0.3, 0.4) is 0 Å². The average Bonchev–Trinajstić information content (AvgIpc) is 2.87. The summed E-state index contributed by atoms with van der Waals surface area (Å²) in [4.78, 5) is 17.6. The smallest absolute Gasteiger partial charge is 0.264 e. The molecule has 0 aliphatic carbocycles. The molecule has 0 unspecified atom stereocenters. The van der Waals surface area contributed by atoms with Gasteiger partial charge in [0.25, 0.3) is 15.9 Å². The van der Waals surface area contributed by atoms with Gasteiger partial charge >= 0.3 is 0 Å². The number of nitrogens with one attached hydrogen (secondary N) is 2. The Morgan fingerprint density at radius 2 is 1.76 bits per heavy atom. The van der Waals surface area contributed by atoms with E-state index in [9.17, 15) is 13.2 Å². The summed E-state index contributed by atoms with van der Waals surface area (Å²) >= 11 is 0. The molecule has 174 valence electrons. The highest BCUT2D eigenvalue weighted by molar-refractivity contribution is 7.93. The summed E-state index contributed by atoms with van der Waals surface area (Å²) in [6, 6.07) is 22.5. The second-order valence-electron chi connectivity index (χ2n) is 7.69. The Morgan fingerprint density at radius 3 is 2.50 bits per heavy atom. The van der Waals surface area contributed by atoms with Crippen LogP contribution in [0.2, 0.25) is 0 Å². The number of fused-ring (bicyclic) bond motifs is 1. The van der Waals surface area contributed by atoms with Crippen LogP contribution in [0.1, 0.15) is 35.3 Å². The fraction of sp³-hybridized carbons (Fsp3) is 0.154. The summed E-state index contributed by atoms with van der Waals surface area (Å²) in [5.74, 6) is 0.0241. The maximum atomic E-state index is 13.3. The lowest BCUT2D eigenvalue weighted by Crippen LogP contribution is -2.29. The summed E-state index contributed by atoms with van der Waals surface area (Å²) in [5.41, 5.74) is 1.62. The van der Waals surface area contributed by atoms with E-state index in [4.69, 9.17) is 4.74 Å². The second-order valence-corrected chi connectivity index (χ2v) is 9.34. The number of anilines is 1. The standard InChI is InChI=1S/C26H25N3O4S/c1-3-22(18-9-5-4-6-10-18)28-26(30)21-17-20(33-2)14-15-23(21)29-34(31,32)24-13-7-11-19-12-8-16-27-25(19)24/h4-17,22,29H,3H2,1-2H3,(H,28,30)/t22-/m0/s1. The Morgan fingerprint density at radius 1 is 1.00 bits per heavy atom. The molecule has 1 amide bonds. The van der Waals surface area contributed by atoms with E-state index in [-0.39, 0.29) is 22.2 Å². The first-order chi connectivity index (χ1) is 16.4. The van der Waals surface area contributed by atoms with Crippen LogP contribution in [0.4, 0.5) is 5.69 Å². The lowest BCUT2D eigenvalue weighted by molar-refractivity contribution is 0.0936. The number of ether oxygens (including phenoxy) is 1. The number of carbonyl (C=O) groups is 1. The van der Waals surface area contributed by atoms with E-state index >= 15 is 0 Å². The predicted octanol–water partition coefficient (Wildman–Crippen LogP) is 4.93. The fourth-order valence-corrected chi connectivity index (χ4v) is 5.02. The first kappa shape index (κ1) is 23.3. The van der Waals surface area contributed by atoms with Crippen LogP contribution >= 0.6 is 0 Å². The number of aromatic nitrogens is 1. The molecule has 7 nitrogen and oxygen atoms in total. The molecule has 0 aliphatic rings. The van der Waals surface area contributed by atoms with Crippen molar-refractivity contribution in [1.29, 1.82) is 0 Å². The number of amides is 1. The van der Waals surface area contributed by atoms with Gasteiger partial charge in [0, 0.05) is 11.6 Å². The number of benzene rings is 3. The molecule has 0 saturated heterocycles. The third-order valence-electron chi connectivity index (χ3n) is 5.52. The Kier molecular flexibility index (Phi) is 6.79. The average molecular weight is 476 g/mol. The quantitative estimate of drug-likeness (QED) is 0.377. The largest absolute Gasteiger partial charge is 0.497 e. The van der Waals surface area contributed by atoms with E-state index in [1.165, 1.54) is 25.3 Å². The van der Waals surface area contributed by atoms with E-state index in [1.807, 2.05) is 37.3 Å².